The van der Waals surface area contributed by atoms with Crippen LogP contribution in [0.4, 0.5) is 5.88 Å². The number of hydrogen-bond acceptors (Lipinski definition) is 8. The summed E-state index contributed by atoms with van der Waals surface area (Å²) >= 11 is 11.8. The van der Waals surface area contributed by atoms with Gasteiger partial charge in [0.15, 0.2) is 5.22 Å². The smallest absolute Gasteiger partial charge is 0.306 e. The fraction of sp³-hybridized carbons (Fsp3) is 0.150. The van der Waals surface area contributed by atoms with E-state index in [4.69, 9.17) is 36.6 Å². The molecule has 0 radical (unpaired) electrons. The summed E-state index contributed by atoms with van der Waals surface area (Å²) in [5, 5.41) is 3.19. The Balaban J connectivity index is 1.87. The predicted octanol–water partition coefficient (Wildman–Crippen LogP) is 3.70. The first-order valence-corrected chi connectivity index (χ1v) is 13.4. The summed E-state index contributed by atoms with van der Waals surface area (Å²) in [4.78, 5) is 0.400. The first-order chi connectivity index (χ1) is 14.9. The van der Waals surface area contributed by atoms with Crippen molar-refractivity contribution in [2.75, 3.05) is 17.8 Å². The molecule has 1 aliphatic heterocycles. The molecule has 0 fully saturated rings. The van der Waals surface area contributed by atoms with E-state index in [1.54, 1.807) is 30.3 Å². The van der Waals surface area contributed by atoms with Crippen LogP contribution in [0.25, 0.3) is 0 Å². The third kappa shape index (κ3) is 4.20. The fourth-order valence-corrected chi connectivity index (χ4v) is 5.21. The number of nitrogens with one attached hydrogen (secondary N) is 1. The average Bonchev–Trinajstić information content (AvgIpc) is 3.14. The Morgan fingerprint density at radius 3 is 1.72 bits per heavy atom. The highest BCUT2D eigenvalue weighted by atomic mass is 35.5. The lowest BCUT2D eigenvalue weighted by Gasteiger charge is -2.30. The summed E-state index contributed by atoms with van der Waals surface area (Å²) in [6.45, 7) is 0. The summed E-state index contributed by atoms with van der Waals surface area (Å²) in [7, 11) is -7.37. The van der Waals surface area contributed by atoms with Crippen LogP contribution in [0.15, 0.2) is 59.0 Å². The molecular formula is C20H16ClNO7S3. The summed E-state index contributed by atoms with van der Waals surface area (Å²) in [6, 6.07) is 14.4. The number of thiocarbonyl (C=S) groups is 1. The minimum Gasteiger partial charge on any atom is -0.429 e. The first-order valence-electron chi connectivity index (χ1n) is 9.00. The van der Waals surface area contributed by atoms with Crippen LogP contribution in [-0.2, 0) is 25.7 Å². The van der Waals surface area contributed by atoms with E-state index in [1.807, 2.05) is 0 Å². The third-order valence-electron chi connectivity index (χ3n) is 4.74. The van der Waals surface area contributed by atoms with Crippen molar-refractivity contribution >= 4 is 54.9 Å². The molecule has 1 aliphatic rings. The molecule has 0 spiro atoms. The van der Waals surface area contributed by atoms with Crippen LogP contribution in [0.3, 0.4) is 0 Å². The number of fused-ring (bicyclic) bond motifs is 1. The van der Waals surface area contributed by atoms with Crippen LogP contribution < -0.4 is 13.7 Å². The molecule has 1 N–H and O–H groups in total. The number of benzene rings is 2. The monoisotopic (exact) mass is 513 g/mol. The number of rotatable bonds is 6. The Bertz CT molecular complexity index is 1330. The molecule has 168 valence electrons. The second-order valence-corrected chi connectivity index (χ2v) is 11.1. The molecule has 2 heterocycles. The van der Waals surface area contributed by atoms with Crippen LogP contribution in [0, 0.1) is 0 Å². The molecule has 32 heavy (non-hydrogen) atoms. The SMILES string of the molecule is CS(=O)(=O)Oc1ccc(C2(c3ccc(OS(C)(=O)=O)cc3)C(=S)Nc3oc(Cl)cc32)cc1. The molecule has 0 bridgehead atoms. The Morgan fingerprint density at radius 1 is 0.875 bits per heavy atom. The Labute approximate surface area is 195 Å². The van der Waals surface area contributed by atoms with Crippen molar-refractivity contribution in [1.29, 1.82) is 0 Å². The number of hydrogen-bond donors (Lipinski definition) is 1. The molecule has 0 aliphatic carbocycles. The maximum Gasteiger partial charge on any atom is 0.306 e. The molecule has 0 atom stereocenters. The van der Waals surface area contributed by atoms with Gasteiger partial charge in [0, 0.05) is 11.6 Å². The summed E-state index contributed by atoms with van der Waals surface area (Å²) in [5.74, 6) is 0.671. The Morgan fingerprint density at radius 2 is 1.31 bits per heavy atom. The van der Waals surface area contributed by atoms with E-state index in [0.717, 1.165) is 12.5 Å². The van der Waals surface area contributed by atoms with Gasteiger partial charge in [0.1, 0.15) is 21.9 Å². The van der Waals surface area contributed by atoms with Crippen molar-refractivity contribution < 1.29 is 29.6 Å². The minimum atomic E-state index is -3.69. The minimum absolute atomic E-state index is 0.144. The lowest BCUT2D eigenvalue weighted by Crippen LogP contribution is -2.35. The molecule has 0 saturated carbocycles. The van der Waals surface area contributed by atoms with Gasteiger partial charge in [-0.2, -0.15) is 16.8 Å². The third-order valence-corrected chi connectivity index (χ3v) is 6.33. The molecule has 0 saturated heterocycles. The van der Waals surface area contributed by atoms with Crippen molar-refractivity contribution in [2.45, 2.75) is 5.41 Å². The van der Waals surface area contributed by atoms with Gasteiger partial charge in [-0.05, 0) is 47.0 Å². The van der Waals surface area contributed by atoms with Gasteiger partial charge in [-0.25, -0.2) is 0 Å². The molecular weight excluding hydrogens is 498 g/mol. The average molecular weight is 514 g/mol. The molecule has 4 rings (SSSR count). The summed E-state index contributed by atoms with van der Waals surface area (Å²) in [6.07, 6.45) is 1.91. The predicted molar refractivity (Wildman–Crippen MR) is 124 cm³/mol. The van der Waals surface area contributed by atoms with Gasteiger partial charge < -0.3 is 18.1 Å². The van der Waals surface area contributed by atoms with Crippen molar-refractivity contribution in [3.05, 3.63) is 76.5 Å². The van der Waals surface area contributed by atoms with E-state index in [1.165, 1.54) is 24.3 Å². The quantitative estimate of drug-likeness (QED) is 0.389. The molecule has 0 amide bonds. The van der Waals surface area contributed by atoms with Gasteiger partial charge in [0.2, 0.25) is 5.88 Å². The highest BCUT2D eigenvalue weighted by Gasteiger charge is 2.49. The number of furan rings is 1. The first kappa shape index (κ1) is 22.6. The lowest BCUT2D eigenvalue weighted by atomic mass is 9.71. The van der Waals surface area contributed by atoms with Gasteiger partial charge in [-0.3, -0.25) is 0 Å². The van der Waals surface area contributed by atoms with E-state index in [9.17, 15) is 16.8 Å². The topological polar surface area (TPSA) is 112 Å². The second kappa shape index (κ2) is 7.77. The van der Waals surface area contributed by atoms with E-state index in [0.29, 0.717) is 27.6 Å². The maximum absolute atomic E-state index is 11.4. The molecule has 3 aromatic rings. The zero-order valence-corrected chi connectivity index (χ0v) is 19.9. The number of halogens is 1. The molecule has 0 unspecified atom stereocenters. The van der Waals surface area contributed by atoms with E-state index < -0.39 is 25.7 Å². The fourth-order valence-electron chi connectivity index (χ4n) is 3.66. The Kier molecular flexibility index (Phi) is 5.48. The van der Waals surface area contributed by atoms with Crippen LogP contribution in [0.5, 0.6) is 11.5 Å². The zero-order valence-electron chi connectivity index (χ0n) is 16.7. The maximum atomic E-state index is 11.4. The molecule has 12 heteroatoms. The van der Waals surface area contributed by atoms with Crippen molar-refractivity contribution in [2.24, 2.45) is 0 Å². The largest absolute Gasteiger partial charge is 0.429 e. The van der Waals surface area contributed by atoms with Crippen LogP contribution in [-0.4, -0.2) is 34.3 Å². The van der Waals surface area contributed by atoms with Gasteiger partial charge in [-0.1, -0.05) is 36.5 Å². The zero-order chi connectivity index (χ0) is 23.3. The second-order valence-electron chi connectivity index (χ2n) is 7.12. The Hall–Kier alpha value is -2.60. The normalized spacial score (nSPS) is 15.2. The van der Waals surface area contributed by atoms with Crippen molar-refractivity contribution in [3.8, 4) is 11.5 Å². The van der Waals surface area contributed by atoms with Crippen molar-refractivity contribution in [1.82, 2.24) is 0 Å². The number of anilines is 1. The standard InChI is InChI=1S/C20H16ClNO7S3/c1-31(23,24)28-14-7-3-12(4-8-14)20(16-11-17(21)27-18(16)22-19(20)30)13-5-9-15(10-6-13)29-32(2,25)26/h3-11H,1-2H3,(H,22,30). The van der Waals surface area contributed by atoms with E-state index in [-0.39, 0.29) is 16.7 Å². The highest BCUT2D eigenvalue weighted by Crippen LogP contribution is 2.50. The van der Waals surface area contributed by atoms with Gasteiger partial charge in [-0.15, -0.1) is 0 Å². The van der Waals surface area contributed by atoms with Crippen LogP contribution in [0.2, 0.25) is 5.22 Å². The van der Waals surface area contributed by atoms with Gasteiger partial charge in [0.25, 0.3) is 0 Å². The highest BCUT2D eigenvalue weighted by molar-refractivity contribution is 7.86. The molecule has 8 nitrogen and oxygen atoms in total. The van der Waals surface area contributed by atoms with E-state index in [2.05, 4.69) is 5.32 Å². The summed E-state index contributed by atoms with van der Waals surface area (Å²) < 4.78 is 61.2. The van der Waals surface area contributed by atoms with E-state index >= 15 is 0 Å². The molecule has 2 aromatic carbocycles. The van der Waals surface area contributed by atoms with Crippen molar-refractivity contribution in [3.63, 3.8) is 0 Å². The van der Waals surface area contributed by atoms with Gasteiger partial charge in [0.05, 0.1) is 12.5 Å². The van der Waals surface area contributed by atoms with Gasteiger partial charge >= 0.3 is 20.2 Å². The lowest BCUT2D eigenvalue weighted by molar-refractivity contribution is 0.491. The van der Waals surface area contributed by atoms with Crippen LogP contribution >= 0.6 is 23.8 Å². The van der Waals surface area contributed by atoms with Crippen LogP contribution in [0.1, 0.15) is 16.7 Å². The molecule has 1 aromatic heterocycles. The summed E-state index contributed by atoms with van der Waals surface area (Å²) in [5.41, 5.74) is 0.989.